The molecule has 2 aromatic carbocycles. The van der Waals surface area contributed by atoms with Gasteiger partial charge in [0.15, 0.2) is 11.5 Å². The summed E-state index contributed by atoms with van der Waals surface area (Å²) in [4.78, 5) is 0. The summed E-state index contributed by atoms with van der Waals surface area (Å²) in [5.74, 6) is 2.19. The molecule has 0 aliphatic carbocycles. The van der Waals surface area contributed by atoms with E-state index >= 15 is 0 Å². The van der Waals surface area contributed by atoms with Gasteiger partial charge >= 0.3 is 0 Å². The molecule has 104 valence electrons. The summed E-state index contributed by atoms with van der Waals surface area (Å²) in [6.45, 7) is 0.186. The van der Waals surface area contributed by atoms with Crippen LogP contribution >= 0.6 is 11.6 Å². The zero-order valence-corrected chi connectivity index (χ0v) is 12.2. The van der Waals surface area contributed by atoms with Crippen LogP contribution in [0.5, 0.6) is 11.5 Å². The van der Waals surface area contributed by atoms with Gasteiger partial charge in [0, 0.05) is 22.3 Å². The van der Waals surface area contributed by atoms with Crippen molar-refractivity contribution in [3.63, 3.8) is 0 Å². The van der Waals surface area contributed by atoms with Crippen LogP contribution in [0, 0.1) is 0 Å². The highest BCUT2D eigenvalue weighted by molar-refractivity contribution is 7.83. The zero-order valence-electron chi connectivity index (χ0n) is 10.7. The van der Waals surface area contributed by atoms with Gasteiger partial charge in [-0.25, -0.2) is 0 Å². The lowest BCUT2D eigenvalue weighted by molar-refractivity contribution is 0.174. The normalized spacial score (nSPS) is 14.2. The van der Waals surface area contributed by atoms with Crippen LogP contribution in [0.3, 0.4) is 0 Å². The summed E-state index contributed by atoms with van der Waals surface area (Å²) in [6.07, 6.45) is 0. The quantitative estimate of drug-likeness (QED) is 0.867. The third-order valence-corrected chi connectivity index (χ3v) is 4.58. The average molecular weight is 309 g/mol. The maximum Gasteiger partial charge on any atom is 0.231 e. The van der Waals surface area contributed by atoms with E-state index in [1.54, 1.807) is 6.07 Å². The average Bonchev–Trinajstić information content (AvgIpc) is 2.88. The lowest BCUT2D eigenvalue weighted by Gasteiger charge is -2.06. The van der Waals surface area contributed by atoms with Crippen molar-refractivity contribution < 1.29 is 13.7 Å². The van der Waals surface area contributed by atoms with Gasteiger partial charge < -0.3 is 9.47 Å². The highest BCUT2D eigenvalue weighted by atomic mass is 35.5. The Morgan fingerprint density at radius 2 is 1.80 bits per heavy atom. The van der Waals surface area contributed by atoms with E-state index in [9.17, 15) is 4.21 Å². The number of benzene rings is 2. The Balaban J connectivity index is 1.72. The van der Waals surface area contributed by atoms with E-state index < -0.39 is 10.8 Å². The third kappa shape index (κ3) is 2.97. The van der Waals surface area contributed by atoms with Crippen molar-refractivity contribution in [2.75, 3.05) is 6.79 Å². The van der Waals surface area contributed by atoms with E-state index in [0.29, 0.717) is 28.0 Å². The van der Waals surface area contributed by atoms with Gasteiger partial charge in [0.05, 0.1) is 5.02 Å². The molecule has 0 saturated heterocycles. The Kier molecular flexibility index (Phi) is 3.94. The van der Waals surface area contributed by atoms with E-state index in [4.69, 9.17) is 21.1 Å². The number of hydrogen-bond donors (Lipinski definition) is 0. The monoisotopic (exact) mass is 308 g/mol. The fourth-order valence-corrected chi connectivity index (χ4v) is 3.59. The summed E-state index contributed by atoms with van der Waals surface area (Å²) >= 11 is 6.11. The van der Waals surface area contributed by atoms with Crippen molar-refractivity contribution in [3.05, 3.63) is 58.6 Å². The standard InChI is InChI=1S/C15H13ClO3S/c16-13-6-12(7-14-15(13)19-10-18-14)9-20(17)8-11-4-2-1-3-5-11/h1-7H,8-10H2/t20-/m1/s1. The number of fused-ring (bicyclic) bond motifs is 1. The first-order valence-electron chi connectivity index (χ1n) is 6.19. The zero-order chi connectivity index (χ0) is 13.9. The van der Waals surface area contributed by atoms with Gasteiger partial charge in [0.1, 0.15) is 0 Å². The van der Waals surface area contributed by atoms with E-state index in [1.807, 2.05) is 36.4 Å². The van der Waals surface area contributed by atoms with E-state index in [-0.39, 0.29) is 6.79 Å². The van der Waals surface area contributed by atoms with Crippen molar-refractivity contribution in [2.24, 2.45) is 0 Å². The molecule has 1 heterocycles. The summed E-state index contributed by atoms with van der Waals surface area (Å²) in [5, 5.41) is 0.506. The summed E-state index contributed by atoms with van der Waals surface area (Å²) in [5.41, 5.74) is 1.96. The minimum absolute atomic E-state index is 0.186. The third-order valence-electron chi connectivity index (χ3n) is 2.99. The van der Waals surface area contributed by atoms with E-state index in [0.717, 1.165) is 11.1 Å². The van der Waals surface area contributed by atoms with Crippen LogP contribution in [0.1, 0.15) is 11.1 Å². The van der Waals surface area contributed by atoms with Crippen LogP contribution in [0.15, 0.2) is 42.5 Å². The molecule has 3 nitrogen and oxygen atoms in total. The van der Waals surface area contributed by atoms with E-state index in [2.05, 4.69) is 0 Å². The molecule has 0 spiro atoms. The van der Waals surface area contributed by atoms with Gasteiger partial charge in [-0.2, -0.15) is 0 Å². The molecule has 0 amide bonds. The fourth-order valence-electron chi connectivity index (χ4n) is 2.10. The molecule has 3 rings (SSSR count). The Morgan fingerprint density at radius 3 is 2.60 bits per heavy atom. The smallest absolute Gasteiger partial charge is 0.231 e. The molecule has 0 fully saturated rings. The molecule has 0 unspecified atom stereocenters. The summed E-state index contributed by atoms with van der Waals surface area (Å²) < 4.78 is 22.8. The molecule has 1 atom stereocenters. The topological polar surface area (TPSA) is 35.5 Å². The molecule has 0 bridgehead atoms. The van der Waals surface area contributed by atoms with Crippen LogP contribution in [0.4, 0.5) is 0 Å². The molecule has 0 N–H and O–H groups in total. The second-order valence-corrected chi connectivity index (χ2v) is 6.39. The van der Waals surface area contributed by atoms with Crippen molar-refractivity contribution in [3.8, 4) is 11.5 Å². The summed E-state index contributed by atoms with van der Waals surface area (Å²) in [7, 11) is -0.982. The van der Waals surface area contributed by atoms with Crippen LogP contribution in [0.2, 0.25) is 5.02 Å². The second kappa shape index (κ2) is 5.85. The maximum atomic E-state index is 12.2. The Morgan fingerprint density at radius 1 is 1.05 bits per heavy atom. The van der Waals surface area contributed by atoms with Crippen LogP contribution in [-0.4, -0.2) is 11.0 Å². The predicted octanol–water partition coefficient (Wildman–Crippen LogP) is 3.52. The molecule has 5 heteroatoms. The van der Waals surface area contributed by atoms with Crippen LogP contribution in [0.25, 0.3) is 0 Å². The molecule has 1 aliphatic heterocycles. The molecular formula is C15H13ClO3S. The molecule has 0 saturated carbocycles. The fraction of sp³-hybridized carbons (Fsp3) is 0.200. The maximum absolute atomic E-state index is 12.2. The first-order valence-corrected chi connectivity index (χ1v) is 8.06. The first-order chi connectivity index (χ1) is 9.72. The highest BCUT2D eigenvalue weighted by Crippen LogP contribution is 2.40. The molecule has 0 radical (unpaired) electrons. The van der Waals surface area contributed by atoms with Gasteiger partial charge in [0.25, 0.3) is 0 Å². The van der Waals surface area contributed by atoms with E-state index in [1.165, 1.54) is 0 Å². The van der Waals surface area contributed by atoms with Crippen LogP contribution in [-0.2, 0) is 22.3 Å². The predicted molar refractivity (Wildman–Crippen MR) is 79.6 cm³/mol. The Bertz CT molecular complexity index is 643. The SMILES string of the molecule is O=[S@](Cc1ccccc1)Cc1cc(Cl)c2c(c1)OCO2. The van der Waals surface area contributed by atoms with Gasteiger partial charge in [-0.15, -0.1) is 0 Å². The van der Waals surface area contributed by atoms with Crippen LogP contribution < -0.4 is 9.47 Å². The van der Waals surface area contributed by atoms with Gasteiger partial charge in [0.2, 0.25) is 6.79 Å². The molecule has 0 aromatic heterocycles. The van der Waals surface area contributed by atoms with Gasteiger partial charge in [-0.3, -0.25) is 4.21 Å². The largest absolute Gasteiger partial charge is 0.454 e. The molecule has 2 aromatic rings. The number of hydrogen-bond acceptors (Lipinski definition) is 3. The number of halogens is 1. The van der Waals surface area contributed by atoms with Gasteiger partial charge in [-0.1, -0.05) is 41.9 Å². The number of ether oxygens (including phenoxy) is 2. The lowest BCUT2D eigenvalue weighted by atomic mass is 10.2. The Labute approximate surface area is 124 Å². The Hall–Kier alpha value is -1.52. The molecule has 1 aliphatic rings. The molecular weight excluding hydrogens is 296 g/mol. The lowest BCUT2D eigenvalue weighted by Crippen LogP contribution is -1.99. The van der Waals surface area contributed by atoms with Crippen molar-refractivity contribution in [2.45, 2.75) is 11.5 Å². The first kappa shape index (κ1) is 13.5. The minimum Gasteiger partial charge on any atom is -0.454 e. The van der Waals surface area contributed by atoms with Crippen molar-refractivity contribution in [1.82, 2.24) is 0 Å². The second-order valence-electron chi connectivity index (χ2n) is 4.53. The molecule has 20 heavy (non-hydrogen) atoms. The summed E-state index contributed by atoms with van der Waals surface area (Å²) in [6, 6.07) is 13.4. The van der Waals surface area contributed by atoms with Gasteiger partial charge in [-0.05, 0) is 23.3 Å². The van der Waals surface area contributed by atoms with Crippen molar-refractivity contribution >= 4 is 22.4 Å². The van der Waals surface area contributed by atoms with Crippen molar-refractivity contribution in [1.29, 1.82) is 0 Å². The number of rotatable bonds is 4. The highest BCUT2D eigenvalue weighted by Gasteiger charge is 2.18. The minimum atomic E-state index is -0.982.